The van der Waals surface area contributed by atoms with Gasteiger partial charge in [0.25, 0.3) is 5.91 Å². The maximum absolute atomic E-state index is 12.9. The Hall–Kier alpha value is -2.98. The Bertz CT molecular complexity index is 1300. The van der Waals surface area contributed by atoms with E-state index >= 15 is 0 Å². The van der Waals surface area contributed by atoms with Crippen LogP contribution < -0.4 is 10.1 Å². The van der Waals surface area contributed by atoms with Gasteiger partial charge in [0.15, 0.2) is 6.10 Å². The summed E-state index contributed by atoms with van der Waals surface area (Å²) in [7, 11) is 0. The third kappa shape index (κ3) is 3.88. The quantitative estimate of drug-likeness (QED) is 0.543. The van der Waals surface area contributed by atoms with Crippen molar-refractivity contribution in [3.8, 4) is 16.9 Å². The number of amides is 1. The van der Waals surface area contributed by atoms with Crippen LogP contribution in [-0.2, 0) is 16.9 Å². The fourth-order valence-electron chi connectivity index (χ4n) is 5.68. The van der Waals surface area contributed by atoms with Crippen molar-refractivity contribution in [1.82, 2.24) is 19.7 Å². The Morgan fingerprint density at radius 1 is 1.23 bits per heavy atom. The molecule has 0 radical (unpaired) electrons. The number of halogens is 4. The van der Waals surface area contributed by atoms with Crippen LogP contribution in [-0.4, -0.2) is 43.2 Å². The topological polar surface area (TPSA) is 81.3 Å². The average Bonchev–Trinajstić information content (AvgIpc) is 3.38. The zero-order valence-corrected chi connectivity index (χ0v) is 19.2. The number of alkyl halides is 3. The second kappa shape index (κ2) is 7.51. The molecule has 4 aliphatic rings. The van der Waals surface area contributed by atoms with Gasteiger partial charge in [0.1, 0.15) is 12.3 Å². The summed E-state index contributed by atoms with van der Waals surface area (Å²) in [6.45, 7) is -1.03. The van der Waals surface area contributed by atoms with E-state index in [2.05, 4.69) is 10.4 Å². The highest BCUT2D eigenvalue weighted by molar-refractivity contribution is 6.30. The molecule has 7 nitrogen and oxygen atoms in total. The first-order valence-electron chi connectivity index (χ1n) is 11.3. The van der Waals surface area contributed by atoms with E-state index in [1.54, 1.807) is 30.5 Å². The van der Waals surface area contributed by atoms with Crippen molar-refractivity contribution < 1.29 is 27.8 Å². The van der Waals surface area contributed by atoms with Crippen molar-refractivity contribution in [2.45, 2.75) is 61.7 Å². The number of hydrogen-bond donors (Lipinski definition) is 2. The minimum Gasteiger partial charge on any atom is -0.480 e. The second-order valence-corrected chi connectivity index (χ2v) is 10.4. The summed E-state index contributed by atoms with van der Waals surface area (Å²) in [5.74, 6) is 0.195. The molecule has 11 heteroatoms. The van der Waals surface area contributed by atoms with Gasteiger partial charge >= 0.3 is 6.18 Å². The zero-order valence-electron chi connectivity index (χ0n) is 18.4. The van der Waals surface area contributed by atoms with Crippen LogP contribution in [0.25, 0.3) is 11.1 Å². The fourth-order valence-corrected chi connectivity index (χ4v) is 5.86. The molecule has 3 aromatic rings. The van der Waals surface area contributed by atoms with Crippen molar-refractivity contribution in [3.05, 3.63) is 59.6 Å². The summed E-state index contributed by atoms with van der Waals surface area (Å²) in [4.78, 5) is 12.9. The lowest BCUT2D eigenvalue weighted by Gasteiger charge is -2.70. The zero-order chi connectivity index (χ0) is 24.6. The predicted molar refractivity (Wildman–Crippen MR) is 120 cm³/mol. The highest BCUT2D eigenvalue weighted by Gasteiger charge is 2.70. The van der Waals surface area contributed by atoms with Crippen LogP contribution in [0.4, 0.5) is 13.2 Å². The molecule has 0 saturated heterocycles. The number of nitrogens with one attached hydrogen (secondary N) is 1. The molecule has 2 bridgehead atoms. The molecular weight excluding hydrogens is 485 g/mol. The lowest BCUT2D eigenvalue weighted by Crippen LogP contribution is -2.79. The molecule has 2 N–H and O–H groups in total. The lowest BCUT2D eigenvalue weighted by molar-refractivity contribution is -0.165. The van der Waals surface area contributed by atoms with Crippen LogP contribution >= 0.6 is 11.6 Å². The van der Waals surface area contributed by atoms with Crippen LogP contribution in [0.15, 0.2) is 49.1 Å². The maximum Gasteiger partial charge on any atom is 0.406 e. The molecule has 1 aliphatic heterocycles. The number of aromatic nitrogens is 3. The van der Waals surface area contributed by atoms with Gasteiger partial charge in [-0.05, 0) is 43.5 Å². The molecular formula is C24H22ClF3N4O3. The first kappa shape index (κ1) is 22.5. The molecule has 35 heavy (non-hydrogen) atoms. The van der Waals surface area contributed by atoms with Crippen LogP contribution in [0.1, 0.15) is 37.4 Å². The smallest absolute Gasteiger partial charge is 0.406 e. The third-order valence-electron chi connectivity index (χ3n) is 7.23. The Morgan fingerprint density at radius 2 is 2.00 bits per heavy atom. The number of aliphatic hydroxyl groups excluding tert-OH is 1. The summed E-state index contributed by atoms with van der Waals surface area (Å²) in [6.07, 6.45) is 2.75. The van der Waals surface area contributed by atoms with Gasteiger partial charge in [-0.3, -0.25) is 9.48 Å². The van der Waals surface area contributed by atoms with Gasteiger partial charge in [-0.15, -0.1) is 0 Å². The average molecular weight is 507 g/mol. The van der Waals surface area contributed by atoms with E-state index in [0.717, 1.165) is 10.1 Å². The SMILES string of the molecule is O=C(NC12CC(n3cc(-c4ccn(CC(F)(F)F)c4)cn3)(C1)C2)[C@H]1C[C@@H](O)c2cc(Cl)ccc2O1. The number of carbonyl (C=O) groups is 1. The normalized spacial score (nSPS) is 28.9. The molecule has 3 aliphatic carbocycles. The maximum atomic E-state index is 12.9. The van der Waals surface area contributed by atoms with Crippen LogP contribution in [0.2, 0.25) is 5.02 Å². The van der Waals surface area contributed by atoms with Gasteiger partial charge in [-0.2, -0.15) is 18.3 Å². The fraction of sp³-hybridized carbons (Fsp3) is 0.417. The highest BCUT2D eigenvalue weighted by Crippen LogP contribution is 2.65. The molecule has 2 atom stereocenters. The van der Waals surface area contributed by atoms with E-state index in [-0.39, 0.29) is 23.4 Å². The standard InChI is InChI=1S/C24H22ClF3N4O3/c25-16-1-2-19-17(5-16)18(33)6-20(35-19)21(34)30-22-10-23(11-22,12-22)32-9-15(7-29-32)14-3-4-31(8-14)13-24(26,27)28/h1-5,7-9,18,20,33H,6,10-13H2,(H,30,34)/t18-,20-,22?,23?/m1/s1. The number of rotatable bonds is 5. The summed E-state index contributed by atoms with van der Waals surface area (Å²) in [5.41, 5.74) is 1.47. The third-order valence-corrected chi connectivity index (χ3v) is 7.47. The molecule has 3 saturated carbocycles. The number of benzene rings is 1. The molecule has 184 valence electrons. The van der Waals surface area contributed by atoms with Crippen LogP contribution in [0, 0.1) is 0 Å². The summed E-state index contributed by atoms with van der Waals surface area (Å²) >= 11 is 5.99. The van der Waals surface area contributed by atoms with E-state index in [4.69, 9.17) is 16.3 Å². The Kier molecular flexibility index (Phi) is 4.82. The number of hydrogen-bond acceptors (Lipinski definition) is 4. The largest absolute Gasteiger partial charge is 0.480 e. The Morgan fingerprint density at radius 3 is 2.74 bits per heavy atom. The van der Waals surface area contributed by atoms with Gasteiger partial charge < -0.3 is 19.7 Å². The van der Waals surface area contributed by atoms with Gasteiger partial charge in [0.05, 0.1) is 17.8 Å². The Balaban J connectivity index is 1.08. The number of ether oxygens (including phenoxy) is 1. The molecule has 0 unspecified atom stereocenters. The van der Waals surface area contributed by atoms with Crippen molar-refractivity contribution in [1.29, 1.82) is 0 Å². The molecule has 3 fully saturated rings. The van der Waals surface area contributed by atoms with Crippen molar-refractivity contribution in [2.75, 3.05) is 0 Å². The van der Waals surface area contributed by atoms with Crippen molar-refractivity contribution in [2.24, 2.45) is 0 Å². The first-order valence-corrected chi connectivity index (χ1v) is 11.7. The van der Waals surface area contributed by atoms with Crippen molar-refractivity contribution >= 4 is 17.5 Å². The van der Waals surface area contributed by atoms with Gasteiger partial charge in [-0.1, -0.05) is 11.6 Å². The minimum absolute atomic E-state index is 0.150. The summed E-state index contributed by atoms with van der Waals surface area (Å²) in [6, 6.07) is 6.59. The van der Waals surface area contributed by atoms with Crippen LogP contribution in [0.3, 0.4) is 0 Å². The second-order valence-electron chi connectivity index (χ2n) is 9.93. The van der Waals surface area contributed by atoms with Gasteiger partial charge in [-0.25, -0.2) is 0 Å². The van der Waals surface area contributed by atoms with E-state index in [1.165, 1.54) is 12.4 Å². The van der Waals surface area contributed by atoms with Crippen molar-refractivity contribution in [3.63, 3.8) is 0 Å². The molecule has 0 spiro atoms. The van der Waals surface area contributed by atoms with Gasteiger partial charge in [0, 0.05) is 52.3 Å². The number of carbonyl (C=O) groups excluding carboxylic acids is 1. The number of fused-ring (bicyclic) bond motifs is 1. The molecule has 1 amide bonds. The van der Waals surface area contributed by atoms with Crippen LogP contribution in [0.5, 0.6) is 5.75 Å². The predicted octanol–water partition coefficient (Wildman–Crippen LogP) is 4.20. The highest BCUT2D eigenvalue weighted by atomic mass is 35.5. The van der Waals surface area contributed by atoms with E-state index < -0.39 is 24.9 Å². The molecule has 2 aromatic heterocycles. The van der Waals surface area contributed by atoms with E-state index in [0.29, 0.717) is 41.2 Å². The first-order chi connectivity index (χ1) is 16.5. The number of nitrogens with zero attached hydrogens (tertiary/aromatic N) is 3. The molecule has 3 heterocycles. The summed E-state index contributed by atoms with van der Waals surface area (Å²) < 4.78 is 46.7. The monoisotopic (exact) mass is 506 g/mol. The summed E-state index contributed by atoms with van der Waals surface area (Å²) in [5, 5.41) is 18.5. The molecule has 7 rings (SSSR count). The van der Waals surface area contributed by atoms with E-state index in [1.807, 2.05) is 10.9 Å². The van der Waals surface area contributed by atoms with Gasteiger partial charge in [0.2, 0.25) is 0 Å². The molecule has 1 aromatic carbocycles. The lowest BCUT2D eigenvalue weighted by atomic mass is 9.44. The van der Waals surface area contributed by atoms with E-state index in [9.17, 15) is 23.1 Å². The number of aliphatic hydroxyl groups is 1. The minimum atomic E-state index is -4.27. The Labute approximate surface area is 203 Å².